The summed E-state index contributed by atoms with van der Waals surface area (Å²) in [5, 5.41) is 9.62. The Kier molecular flexibility index (Phi) is 2.89. The molecule has 0 aliphatic heterocycles. The second kappa shape index (κ2) is 4.45. The van der Waals surface area contributed by atoms with Gasteiger partial charge < -0.3 is 10.0 Å². The van der Waals surface area contributed by atoms with Crippen LogP contribution in [0.2, 0.25) is 0 Å². The van der Waals surface area contributed by atoms with E-state index in [4.69, 9.17) is 5.11 Å². The zero-order valence-electron chi connectivity index (χ0n) is 10.3. The number of aliphatic carboxylic acids is 1. The van der Waals surface area contributed by atoms with E-state index in [0.717, 1.165) is 5.13 Å². The fraction of sp³-hybridized carbons (Fsp3) is 0.385. The maximum atomic E-state index is 13.6. The Morgan fingerprint density at radius 3 is 2.89 bits per heavy atom. The first-order valence-electron chi connectivity index (χ1n) is 6.07. The number of hydrogen-bond acceptors (Lipinski definition) is 4. The molecule has 1 aromatic heterocycles. The van der Waals surface area contributed by atoms with E-state index in [-0.39, 0.29) is 17.8 Å². The lowest BCUT2D eigenvalue weighted by molar-refractivity contribution is -0.145. The number of anilines is 1. The molecule has 1 aromatic carbocycles. The van der Waals surface area contributed by atoms with Crippen LogP contribution in [-0.4, -0.2) is 29.1 Å². The molecular formula is C13H13FN2O2S. The second-order valence-corrected chi connectivity index (χ2v) is 5.83. The van der Waals surface area contributed by atoms with Gasteiger partial charge in [-0.3, -0.25) is 4.79 Å². The molecule has 0 radical (unpaired) electrons. The second-order valence-electron chi connectivity index (χ2n) is 4.86. The summed E-state index contributed by atoms with van der Waals surface area (Å²) in [6.45, 7) is 0. The molecule has 1 aliphatic carbocycles. The first kappa shape index (κ1) is 12.3. The molecule has 3 rings (SSSR count). The van der Waals surface area contributed by atoms with E-state index in [1.807, 2.05) is 11.9 Å². The van der Waals surface area contributed by atoms with E-state index in [1.165, 1.54) is 17.4 Å². The molecule has 4 nitrogen and oxygen atoms in total. The Balaban J connectivity index is 1.81. The van der Waals surface area contributed by atoms with Crippen LogP contribution in [0.3, 0.4) is 0 Å². The summed E-state index contributed by atoms with van der Waals surface area (Å²) in [4.78, 5) is 17.2. The van der Waals surface area contributed by atoms with Gasteiger partial charge in [0.2, 0.25) is 0 Å². The van der Waals surface area contributed by atoms with Crippen molar-refractivity contribution in [2.45, 2.75) is 18.9 Å². The highest BCUT2D eigenvalue weighted by Crippen LogP contribution is 2.37. The van der Waals surface area contributed by atoms with Crippen molar-refractivity contribution in [2.75, 3.05) is 11.9 Å². The summed E-state index contributed by atoms with van der Waals surface area (Å²) in [7, 11) is 1.89. The number of hydrogen-bond donors (Lipinski definition) is 1. The highest BCUT2D eigenvalue weighted by atomic mass is 32.1. The van der Waals surface area contributed by atoms with Crippen molar-refractivity contribution in [1.82, 2.24) is 4.98 Å². The predicted octanol–water partition coefficient (Wildman–Crippen LogP) is 2.73. The van der Waals surface area contributed by atoms with Gasteiger partial charge in [0.1, 0.15) is 5.82 Å². The van der Waals surface area contributed by atoms with Gasteiger partial charge in [-0.25, -0.2) is 9.37 Å². The Hall–Kier alpha value is -1.69. The first-order chi connectivity index (χ1) is 9.06. The molecule has 0 unspecified atom stereocenters. The smallest absolute Gasteiger partial charge is 0.306 e. The molecule has 2 aromatic rings. The summed E-state index contributed by atoms with van der Waals surface area (Å²) in [6, 6.07) is 5.04. The number of aromatic nitrogens is 1. The molecule has 1 fully saturated rings. The Bertz CT molecular complexity index is 637. The van der Waals surface area contributed by atoms with E-state index in [9.17, 15) is 9.18 Å². The zero-order valence-corrected chi connectivity index (χ0v) is 11.2. The van der Waals surface area contributed by atoms with Crippen LogP contribution in [0, 0.1) is 11.7 Å². The van der Waals surface area contributed by atoms with E-state index in [0.29, 0.717) is 23.1 Å². The van der Waals surface area contributed by atoms with Crippen LogP contribution in [0.25, 0.3) is 10.2 Å². The minimum Gasteiger partial charge on any atom is -0.481 e. The van der Waals surface area contributed by atoms with Crippen molar-refractivity contribution in [3.05, 3.63) is 24.0 Å². The average molecular weight is 280 g/mol. The number of carboxylic acid groups (broad SMARTS) is 1. The minimum atomic E-state index is -0.736. The number of rotatable bonds is 3. The normalized spacial score (nSPS) is 22.2. The van der Waals surface area contributed by atoms with E-state index in [2.05, 4.69) is 4.98 Å². The summed E-state index contributed by atoms with van der Waals surface area (Å²) < 4.78 is 14.2. The quantitative estimate of drug-likeness (QED) is 0.939. The Labute approximate surface area is 113 Å². The lowest BCUT2D eigenvalue weighted by Crippen LogP contribution is -2.45. The predicted molar refractivity (Wildman–Crippen MR) is 72.1 cm³/mol. The largest absolute Gasteiger partial charge is 0.481 e. The van der Waals surface area contributed by atoms with Gasteiger partial charge in [-0.2, -0.15) is 0 Å². The van der Waals surface area contributed by atoms with Crippen LogP contribution in [0.1, 0.15) is 12.8 Å². The molecule has 19 heavy (non-hydrogen) atoms. The van der Waals surface area contributed by atoms with Crippen LogP contribution < -0.4 is 4.90 Å². The molecule has 1 heterocycles. The number of carbonyl (C=O) groups is 1. The third kappa shape index (κ3) is 2.06. The van der Waals surface area contributed by atoms with Gasteiger partial charge in [0.25, 0.3) is 0 Å². The maximum Gasteiger partial charge on any atom is 0.306 e. The number of fused-ring (bicyclic) bond motifs is 1. The topological polar surface area (TPSA) is 53.4 Å². The molecule has 0 spiro atoms. The van der Waals surface area contributed by atoms with Gasteiger partial charge in [0.15, 0.2) is 5.13 Å². The third-order valence-corrected chi connectivity index (χ3v) is 4.84. The van der Waals surface area contributed by atoms with Crippen LogP contribution in [-0.2, 0) is 4.79 Å². The molecule has 1 N–H and O–H groups in total. The number of carboxylic acids is 1. The summed E-state index contributed by atoms with van der Waals surface area (Å²) >= 11 is 1.31. The van der Waals surface area contributed by atoms with Gasteiger partial charge >= 0.3 is 5.97 Å². The van der Waals surface area contributed by atoms with Crippen LogP contribution in [0.5, 0.6) is 0 Å². The minimum absolute atomic E-state index is 0.185. The van der Waals surface area contributed by atoms with Crippen molar-refractivity contribution in [3.8, 4) is 0 Å². The van der Waals surface area contributed by atoms with Crippen molar-refractivity contribution in [1.29, 1.82) is 0 Å². The lowest BCUT2D eigenvalue weighted by Gasteiger charge is -2.38. The SMILES string of the molecule is CN(c1nc2cccc(F)c2s1)C1CC(C(=O)O)C1. The fourth-order valence-corrected chi connectivity index (χ4v) is 3.32. The standard InChI is InChI=1S/C13H13FN2O2S/c1-16(8-5-7(6-8)12(17)18)13-15-10-4-2-3-9(14)11(10)19-13/h2-4,7-8H,5-6H2,1H3,(H,17,18). The van der Waals surface area contributed by atoms with Crippen LogP contribution >= 0.6 is 11.3 Å². The summed E-state index contributed by atoms with van der Waals surface area (Å²) in [5.41, 5.74) is 0.654. The summed E-state index contributed by atoms with van der Waals surface area (Å²) in [6.07, 6.45) is 1.26. The Morgan fingerprint density at radius 2 is 2.26 bits per heavy atom. The van der Waals surface area contributed by atoms with E-state index < -0.39 is 5.97 Å². The highest BCUT2D eigenvalue weighted by molar-refractivity contribution is 7.22. The summed E-state index contributed by atoms with van der Waals surface area (Å²) in [5.74, 6) is -1.25. The molecule has 1 saturated carbocycles. The van der Waals surface area contributed by atoms with Crippen molar-refractivity contribution in [3.63, 3.8) is 0 Å². The van der Waals surface area contributed by atoms with E-state index >= 15 is 0 Å². The maximum absolute atomic E-state index is 13.6. The number of nitrogens with zero attached hydrogens (tertiary/aromatic N) is 2. The van der Waals surface area contributed by atoms with Crippen LogP contribution in [0.15, 0.2) is 18.2 Å². The molecule has 0 atom stereocenters. The number of halogens is 1. The van der Waals surface area contributed by atoms with E-state index in [1.54, 1.807) is 12.1 Å². The molecule has 1 aliphatic rings. The van der Waals surface area contributed by atoms with Crippen molar-refractivity contribution < 1.29 is 14.3 Å². The first-order valence-corrected chi connectivity index (χ1v) is 6.88. The van der Waals surface area contributed by atoms with Gasteiger partial charge in [-0.05, 0) is 25.0 Å². The number of thiazole rings is 1. The third-order valence-electron chi connectivity index (χ3n) is 3.67. The average Bonchev–Trinajstić information content (AvgIpc) is 2.71. The van der Waals surface area contributed by atoms with Crippen molar-refractivity contribution >= 4 is 32.7 Å². The molecular weight excluding hydrogens is 267 g/mol. The van der Waals surface area contributed by atoms with Crippen molar-refractivity contribution in [2.24, 2.45) is 5.92 Å². The van der Waals surface area contributed by atoms with Gasteiger partial charge in [0.05, 0.1) is 16.1 Å². The molecule has 0 bridgehead atoms. The number of benzene rings is 1. The van der Waals surface area contributed by atoms with Gasteiger partial charge in [0, 0.05) is 13.1 Å². The fourth-order valence-electron chi connectivity index (χ4n) is 2.32. The molecule has 100 valence electrons. The van der Waals surface area contributed by atoms with Crippen LogP contribution in [0.4, 0.5) is 9.52 Å². The molecule has 0 amide bonds. The molecule has 0 saturated heterocycles. The van der Waals surface area contributed by atoms with Gasteiger partial charge in [-0.15, -0.1) is 0 Å². The monoisotopic (exact) mass is 280 g/mol. The van der Waals surface area contributed by atoms with Gasteiger partial charge in [-0.1, -0.05) is 17.4 Å². The Morgan fingerprint density at radius 1 is 1.53 bits per heavy atom. The highest BCUT2D eigenvalue weighted by Gasteiger charge is 2.37. The lowest BCUT2D eigenvalue weighted by atomic mass is 9.80. The molecule has 6 heteroatoms. The zero-order chi connectivity index (χ0) is 13.6.